The fourth-order valence-electron chi connectivity index (χ4n) is 3.52. The van der Waals surface area contributed by atoms with E-state index in [9.17, 15) is 9.59 Å². The van der Waals surface area contributed by atoms with Crippen LogP contribution in [0.2, 0.25) is 0 Å². The maximum atomic E-state index is 12.4. The number of nitrogens with one attached hydrogen (secondary N) is 2. The Morgan fingerprint density at radius 3 is 2.78 bits per heavy atom. The summed E-state index contributed by atoms with van der Waals surface area (Å²) in [6.45, 7) is 1.93. The van der Waals surface area contributed by atoms with Crippen LogP contribution in [-0.2, 0) is 9.59 Å². The second-order valence-electron chi connectivity index (χ2n) is 5.60. The molecule has 5 nitrogen and oxygen atoms in total. The van der Waals surface area contributed by atoms with Gasteiger partial charge in [-0.3, -0.25) is 9.59 Å². The summed E-state index contributed by atoms with van der Waals surface area (Å²) >= 11 is 0. The van der Waals surface area contributed by atoms with Crippen molar-refractivity contribution in [2.24, 2.45) is 0 Å². The molecule has 0 saturated carbocycles. The average Bonchev–Trinajstić information content (AvgIpc) is 3.08. The number of hydrogen-bond acceptors (Lipinski definition) is 3. The summed E-state index contributed by atoms with van der Waals surface area (Å²) in [6, 6.07) is 0.547. The van der Waals surface area contributed by atoms with Crippen LogP contribution < -0.4 is 10.6 Å². The van der Waals surface area contributed by atoms with Gasteiger partial charge in [0.1, 0.15) is 6.04 Å². The van der Waals surface area contributed by atoms with Crippen LogP contribution in [0.1, 0.15) is 38.5 Å². The van der Waals surface area contributed by atoms with Crippen molar-refractivity contribution in [3.8, 4) is 0 Å². The second kappa shape index (κ2) is 4.88. The molecule has 2 amide bonds. The first-order valence-corrected chi connectivity index (χ1v) is 7.09. The van der Waals surface area contributed by atoms with Crippen LogP contribution >= 0.6 is 0 Å². The number of carbonyl (C=O) groups excluding carboxylic acids is 2. The van der Waals surface area contributed by atoms with Gasteiger partial charge in [0.25, 0.3) is 0 Å². The third-order valence-corrected chi connectivity index (χ3v) is 4.44. The van der Waals surface area contributed by atoms with E-state index >= 15 is 0 Å². The van der Waals surface area contributed by atoms with Gasteiger partial charge >= 0.3 is 0 Å². The van der Waals surface area contributed by atoms with Crippen molar-refractivity contribution in [2.75, 3.05) is 13.1 Å². The van der Waals surface area contributed by atoms with Gasteiger partial charge in [0, 0.05) is 25.0 Å². The molecule has 18 heavy (non-hydrogen) atoms. The summed E-state index contributed by atoms with van der Waals surface area (Å²) in [5, 5.41) is 6.29. The van der Waals surface area contributed by atoms with Gasteiger partial charge in [-0.15, -0.1) is 0 Å². The van der Waals surface area contributed by atoms with Crippen molar-refractivity contribution in [1.29, 1.82) is 0 Å². The smallest absolute Gasteiger partial charge is 0.245 e. The summed E-state index contributed by atoms with van der Waals surface area (Å²) in [5.41, 5.74) is 0. The van der Waals surface area contributed by atoms with Crippen molar-refractivity contribution in [1.82, 2.24) is 15.5 Å². The van der Waals surface area contributed by atoms with E-state index in [2.05, 4.69) is 10.6 Å². The van der Waals surface area contributed by atoms with E-state index in [1.807, 2.05) is 4.90 Å². The number of rotatable bonds is 2. The third kappa shape index (κ3) is 2.11. The Balaban J connectivity index is 1.66. The zero-order valence-electron chi connectivity index (χ0n) is 10.7. The van der Waals surface area contributed by atoms with Crippen LogP contribution in [0.5, 0.6) is 0 Å². The van der Waals surface area contributed by atoms with E-state index in [-0.39, 0.29) is 17.9 Å². The molecule has 2 unspecified atom stereocenters. The summed E-state index contributed by atoms with van der Waals surface area (Å²) < 4.78 is 0. The van der Waals surface area contributed by atoms with Crippen molar-refractivity contribution >= 4 is 11.8 Å². The Kier molecular flexibility index (Phi) is 3.24. The standard InChI is InChI=1S/C13H21N3O2/c17-12-6-5-10(15-12)13(18)16-8-2-4-11(16)9-3-1-7-14-9/h9-11,14H,1-8H2,(H,15,17)/t9?,10-,11?/m1/s1. The summed E-state index contributed by atoms with van der Waals surface area (Å²) in [6.07, 6.45) is 5.74. The largest absolute Gasteiger partial charge is 0.344 e. The number of carbonyl (C=O) groups is 2. The molecule has 3 aliphatic rings. The molecule has 100 valence electrons. The quantitative estimate of drug-likeness (QED) is 0.726. The molecule has 0 spiro atoms. The van der Waals surface area contributed by atoms with Crippen LogP contribution in [0.3, 0.4) is 0 Å². The van der Waals surface area contributed by atoms with E-state index in [0.29, 0.717) is 24.9 Å². The van der Waals surface area contributed by atoms with Crippen molar-refractivity contribution in [3.05, 3.63) is 0 Å². The lowest BCUT2D eigenvalue weighted by Crippen LogP contribution is -2.51. The minimum Gasteiger partial charge on any atom is -0.344 e. The number of likely N-dealkylation sites (tertiary alicyclic amines) is 1. The highest BCUT2D eigenvalue weighted by Crippen LogP contribution is 2.26. The fraction of sp³-hybridized carbons (Fsp3) is 0.846. The maximum Gasteiger partial charge on any atom is 0.245 e. The first-order chi connectivity index (χ1) is 8.75. The highest BCUT2D eigenvalue weighted by Gasteiger charge is 2.39. The molecule has 0 radical (unpaired) electrons. The lowest BCUT2D eigenvalue weighted by Gasteiger charge is -2.31. The van der Waals surface area contributed by atoms with Crippen LogP contribution in [0.15, 0.2) is 0 Å². The van der Waals surface area contributed by atoms with E-state index in [0.717, 1.165) is 25.9 Å². The van der Waals surface area contributed by atoms with E-state index < -0.39 is 0 Å². The fourth-order valence-corrected chi connectivity index (χ4v) is 3.52. The normalized spacial score (nSPS) is 36.1. The Hall–Kier alpha value is -1.10. The lowest BCUT2D eigenvalue weighted by atomic mass is 10.0. The molecular weight excluding hydrogens is 230 g/mol. The molecule has 0 aromatic carbocycles. The summed E-state index contributed by atoms with van der Waals surface area (Å²) in [5.74, 6) is 0.153. The molecule has 0 aromatic rings. The second-order valence-corrected chi connectivity index (χ2v) is 5.60. The van der Waals surface area contributed by atoms with Crippen molar-refractivity contribution < 1.29 is 9.59 Å². The molecule has 5 heteroatoms. The molecule has 3 heterocycles. The van der Waals surface area contributed by atoms with Crippen LogP contribution in [0.4, 0.5) is 0 Å². The monoisotopic (exact) mass is 251 g/mol. The Bertz CT molecular complexity index is 352. The molecule has 3 saturated heterocycles. The highest BCUT2D eigenvalue weighted by molar-refractivity contribution is 5.91. The predicted octanol–water partition coefficient (Wildman–Crippen LogP) is 0.00800. The molecule has 0 aliphatic carbocycles. The molecular formula is C13H21N3O2. The Morgan fingerprint density at radius 2 is 2.11 bits per heavy atom. The first kappa shape index (κ1) is 12.0. The van der Waals surface area contributed by atoms with Gasteiger partial charge in [-0.25, -0.2) is 0 Å². The minimum absolute atomic E-state index is 0.0167. The topological polar surface area (TPSA) is 61.4 Å². The number of amides is 2. The zero-order valence-corrected chi connectivity index (χ0v) is 10.7. The molecule has 0 bridgehead atoms. The first-order valence-electron chi connectivity index (χ1n) is 7.09. The number of hydrogen-bond donors (Lipinski definition) is 2. The average molecular weight is 251 g/mol. The van der Waals surface area contributed by atoms with Crippen molar-refractivity contribution in [2.45, 2.75) is 56.7 Å². The van der Waals surface area contributed by atoms with Gasteiger partial charge in [-0.05, 0) is 38.6 Å². The Morgan fingerprint density at radius 1 is 1.22 bits per heavy atom. The number of nitrogens with zero attached hydrogens (tertiary/aromatic N) is 1. The van der Waals surface area contributed by atoms with Gasteiger partial charge in [-0.2, -0.15) is 0 Å². The SMILES string of the molecule is O=C1CC[C@H](C(=O)N2CCCC2C2CCCN2)N1. The molecule has 2 N–H and O–H groups in total. The van der Waals surface area contributed by atoms with E-state index in [4.69, 9.17) is 0 Å². The van der Waals surface area contributed by atoms with Gasteiger partial charge in [0.2, 0.25) is 11.8 Å². The molecule has 3 rings (SSSR count). The van der Waals surface area contributed by atoms with Crippen LogP contribution in [0.25, 0.3) is 0 Å². The summed E-state index contributed by atoms with van der Waals surface area (Å²) in [7, 11) is 0. The van der Waals surface area contributed by atoms with Gasteiger partial charge in [-0.1, -0.05) is 0 Å². The predicted molar refractivity (Wildman–Crippen MR) is 66.9 cm³/mol. The minimum atomic E-state index is -0.264. The van der Waals surface area contributed by atoms with Crippen LogP contribution in [0, 0.1) is 0 Å². The van der Waals surface area contributed by atoms with Gasteiger partial charge in [0.05, 0.1) is 0 Å². The maximum absolute atomic E-state index is 12.4. The molecule has 3 fully saturated rings. The van der Waals surface area contributed by atoms with Crippen molar-refractivity contribution in [3.63, 3.8) is 0 Å². The third-order valence-electron chi connectivity index (χ3n) is 4.44. The Labute approximate surface area is 107 Å². The molecule has 0 aromatic heterocycles. The zero-order chi connectivity index (χ0) is 12.5. The highest BCUT2D eigenvalue weighted by atomic mass is 16.2. The summed E-state index contributed by atoms with van der Waals surface area (Å²) in [4.78, 5) is 25.7. The van der Waals surface area contributed by atoms with Gasteiger partial charge in [0.15, 0.2) is 0 Å². The molecule has 3 aliphatic heterocycles. The van der Waals surface area contributed by atoms with Gasteiger partial charge < -0.3 is 15.5 Å². The lowest BCUT2D eigenvalue weighted by molar-refractivity contribution is -0.135. The molecule has 3 atom stereocenters. The van der Waals surface area contributed by atoms with E-state index in [1.54, 1.807) is 0 Å². The van der Waals surface area contributed by atoms with E-state index in [1.165, 1.54) is 12.8 Å². The van der Waals surface area contributed by atoms with Crippen LogP contribution in [-0.4, -0.2) is 47.9 Å².